The Morgan fingerprint density at radius 2 is 2.07 bits per heavy atom. The lowest BCUT2D eigenvalue weighted by molar-refractivity contribution is -0.0505. The minimum absolute atomic E-state index is 0.0244. The van der Waals surface area contributed by atoms with Crippen molar-refractivity contribution in [2.75, 3.05) is 0 Å². The second-order valence-electron chi connectivity index (χ2n) is 3.31. The fourth-order valence-electron chi connectivity index (χ4n) is 1.27. The average Bonchev–Trinajstić information content (AvgIpc) is 2.08. The van der Waals surface area contributed by atoms with Crippen molar-refractivity contribution < 1.29 is 17.9 Å². The van der Waals surface area contributed by atoms with Crippen molar-refractivity contribution in [3.63, 3.8) is 0 Å². The van der Waals surface area contributed by atoms with Gasteiger partial charge < -0.3 is 10.5 Å². The van der Waals surface area contributed by atoms with Gasteiger partial charge in [0.25, 0.3) is 0 Å². The summed E-state index contributed by atoms with van der Waals surface area (Å²) < 4.78 is 41.1. The van der Waals surface area contributed by atoms with Gasteiger partial charge in [-0.3, -0.25) is 0 Å². The van der Waals surface area contributed by atoms with Crippen LogP contribution in [0.25, 0.3) is 0 Å². The summed E-state index contributed by atoms with van der Waals surface area (Å²) in [5.74, 6) is -0.518. The molecule has 0 aliphatic carbocycles. The number of hydrogen-bond donors (Lipinski definition) is 1. The summed E-state index contributed by atoms with van der Waals surface area (Å²) in [6.07, 6.45) is 0.291. The first-order valence-electron chi connectivity index (χ1n) is 4.48. The van der Waals surface area contributed by atoms with Gasteiger partial charge in [0.1, 0.15) is 11.6 Å². The molecule has 0 fully saturated rings. The minimum atomic E-state index is -2.91. The van der Waals surface area contributed by atoms with Gasteiger partial charge in [0.05, 0.1) is 0 Å². The predicted molar refractivity (Wildman–Crippen MR) is 50.4 cm³/mol. The highest BCUT2D eigenvalue weighted by Gasteiger charge is 2.11. The molecule has 1 atom stereocenters. The first kappa shape index (κ1) is 11.8. The Balaban J connectivity index is 2.92. The molecule has 0 amide bonds. The van der Waals surface area contributed by atoms with E-state index in [0.29, 0.717) is 12.0 Å². The van der Waals surface area contributed by atoms with E-state index in [4.69, 9.17) is 5.73 Å². The summed E-state index contributed by atoms with van der Waals surface area (Å²) in [5, 5.41) is 0. The van der Waals surface area contributed by atoms with E-state index in [1.807, 2.05) is 0 Å². The summed E-state index contributed by atoms with van der Waals surface area (Å²) in [4.78, 5) is 0. The second kappa shape index (κ2) is 5.02. The number of halogens is 3. The molecule has 0 saturated carbocycles. The maximum absolute atomic E-state index is 12.9. The Kier molecular flexibility index (Phi) is 3.96. The second-order valence-corrected chi connectivity index (χ2v) is 3.31. The number of hydrogen-bond acceptors (Lipinski definition) is 2. The van der Waals surface area contributed by atoms with Gasteiger partial charge in [-0.05, 0) is 37.1 Å². The molecule has 15 heavy (non-hydrogen) atoms. The minimum Gasteiger partial charge on any atom is -0.435 e. The Bertz CT molecular complexity index is 328. The van der Waals surface area contributed by atoms with Gasteiger partial charge >= 0.3 is 6.61 Å². The molecule has 0 saturated heterocycles. The Labute approximate surface area is 85.8 Å². The van der Waals surface area contributed by atoms with E-state index in [9.17, 15) is 13.2 Å². The van der Waals surface area contributed by atoms with Crippen LogP contribution in [0.3, 0.4) is 0 Å². The van der Waals surface area contributed by atoms with E-state index in [1.165, 1.54) is 6.07 Å². The van der Waals surface area contributed by atoms with Gasteiger partial charge in [-0.15, -0.1) is 0 Å². The third-order valence-corrected chi connectivity index (χ3v) is 1.78. The summed E-state index contributed by atoms with van der Waals surface area (Å²) in [5.41, 5.74) is 5.86. The van der Waals surface area contributed by atoms with Crippen LogP contribution in [0.15, 0.2) is 18.2 Å². The molecule has 0 bridgehead atoms. The number of nitrogens with two attached hydrogens (primary N) is 1. The molecule has 1 aromatic rings. The molecule has 0 radical (unpaired) electrons. The topological polar surface area (TPSA) is 35.2 Å². The fraction of sp³-hybridized carbons (Fsp3) is 0.400. The van der Waals surface area contributed by atoms with Gasteiger partial charge in [0, 0.05) is 6.04 Å². The predicted octanol–water partition coefficient (Wildman–Crippen LogP) is 2.32. The van der Waals surface area contributed by atoms with Gasteiger partial charge in [-0.2, -0.15) is 8.78 Å². The van der Waals surface area contributed by atoms with Crippen LogP contribution in [0.1, 0.15) is 12.5 Å². The number of rotatable bonds is 4. The quantitative estimate of drug-likeness (QED) is 0.843. The van der Waals surface area contributed by atoms with E-state index in [0.717, 1.165) is 12.1 Å². The molecule has 0 aliphatic rings. The zero-order valence-corrected chi connectivity index (χ0v) is 8.21. The van der Waals surface area contributed by atoms with Crippen molar-refractivity contribution in [3.8, 4) is 5.75 Å². The highest BCUT2D eigenvalue weighted by molar-refractivity contribution is 5.34. The summed E-state index contributed by atoms with van der Waals surface area (Å²) in [6, 6.07) is 3.16. The van der Waals surface area contributed by atoms with E-state index in [1.54, 1.807) is 6.92 Å². The molecule has 0 spiro atoms. The van der Waals surface area contributed by atoms with Crippen molar-refractivity contribution >= 4 is 0 Å². The molecular weight excluding hydrogens is 207 g/mol. The smallest absolute Gasteiger partial charge is 0.387 e. The number of alkyl halides is 2. The van der Waals surface area contributed by atoms with Crippen LogP contribution in [0.4, 0.5) is 13.2 Å². The van der Waals surface area contributed by atoms with Gasteiger partial charge in [-0.1, -0.05) is 0 Å². The zero-order valence-electron chi connectivity index (χ0n) is 8.21. The van der Waals surface area contributed by atoms with E-state index >= 15 is 0 Å². The molecule has 0 heterocycles. The number of ether oxygens (including phenoxy) is 1. The number of benzene rings is 1. The van der Waals surface area contributed by atoms with Crippen LogP contribution in [0.5, 0.6) is 5.75 Å². The van der Waals surface area contributed by atoms with Gasteiger partial charge in [-0.25, -0.2) is 4.39 Å². The van der Waals surface area contributed by atoms with Crippen molar-refractivity contribution in [2.45, 2.75) is 26.0 Å². The lowest BCUT2D eigenvalue weighted by atomic mass is 10.1. The zero-order chi connectivity index (χ0) is 11.4. The molecule has 0 aromatic heterocycles. The third-order valence-electron chi connectivity index (χ3n) is 1.78. The largest absolute Gasteiger partial charge is 0.435 e. The molecule has 0 aliphatic heterocycles. The van der Waals surface area contributed by atoms with Crippen LogP contribution in [-0.4, -0.2) is 12.7 Å². The first-order valence-corrected chi connectivity index (χ1v) is 4.48. The molecule has 1 unspecified atom stereocenters. The van der Waals surface area contributed by atoms with Crippen molar-refractivity contribution in [1.29, 1.82) is 0 Å². The average molecular weight is 219 g/mol. The van der Waals surface area contributed by atoms with Crippen molar-refractivity contribution in [3.05, 3.63) is 29.6 Å². The van der Waals surface area contributed by atoms with Gasteiger partial charge in [0.2, 0.25) is 0 Å². The SMILES string of the molecule is CC(N)Cc1cc(F)ccc1OC(F)F. The normalized spacial score (nSPS) is 12.9. The molecule has 2 N–H and O–H groups in total. The molecule has 84 valence electrons. The highest BCUT2D eigenvalue weighted by atomic mass is 19.3. The fourth-order valence-corrected chi connectivity index (χ4v) is 1.27. The molecule has 5 heteroatoms. The van der Waals surface area contributed by atoms with Crippen molar-refractivity contribution in [1.82, 2.24) is 0 Å². The lowest BCUT2D eigenvalue weighted by Crippen LogP contribution is -2.19. The monoisotopic (exact) mass is 219 g/mol. The summed E-state index contributed by atoms with van der Waals surface area (Å²) in [7, 11) is 0. The Morgan fingerprint density at radius 3 is 2.60 bits per heavy atom. The maximum atomic E-state index is 12.9. The standard InChI is InChI=1S/C10H12F3NO/c1-6(14)4-7-5-8(11)2-3-9(7)15-10(12)13/h2-3,5-6,10H,4,14H2,1H3. The molecular formula is C10H12F3NO. The Morgan fingerprint density at radius 1 is 1.40 bits per heavy atom. The summed E-state index contributed by atoms with van der Waals surface area (Å²) in [6.45, 7) is -1.21. The van der Waals surface area contributed by atoms with Gasteiger partial charge in [0.15, 0.2) is 0 Å². The Hall–Kier alpha value is -1.23. The van der Waals surface area contributed by atoms with Crippen LogP contribution in [0.2, 0.25) is 0 Å². The third kappa shape index (κ3) is 3.79. The first-order chi connectivity index (χ1) is 6.99. The molecule has 1 rings (SSSR count). The lowest BCUT2D eigenvalue weighted by Gasteiger charge is -2.12. The van der Waals surface area contributed by atoms with Crippen LogP contribution in [0, 0.1) is 5.82 Å². The van der Waals surface area contributed by atoms with Crippen LogP contribution < -0.4 is 10.5 Å². The maximum Gasteiger partial charge on any atom is 0.387 e. The van der Waals surface area contributed by atoms with Crippen LogP contribution in [-0.2, 0) is 6.42 Å². The molecule has 2 nitrogen and oxygen atoms in total. The highest BCUT2D eigenvalue weighted by Crippen LogP contribution is 2.22. The summed E-state index contributed by atoms with van der Waals surface area (Å²) >= 11 is 0. The molecule has 1 aromatic carbocycles. The van der Waals surface area contributed by atoms with Crippen LogP contribution >= 0.6 is 0 Å². The van der Waals surface area contributed by atoms with E-state index < -0.39 is 12.4 Å². The van der Waals surface area contributed by atoms with Crippen molar-refractivity contribution in [2.24, 2.45) is 5.73 Å². The van der Waals surface area contributed by atoms with E-state index in [-0.39, 0.29) is 11.8 Å². The van der Waals surface area contributed by atoms with E-state index in [2.05, 4.69) is 4.74 Å².